The number of aromatic nitrogens is 2. The maximum Gasteiger partial charge on any atom is 0.254 e. The molecule has 1 amide bonds. The Balaban J connectivity index is 1.82. The lowest BCUT2D eigenvalue weighted by Crippen LogP contribution is -2.30. The molecular weight excluding hydrogens is 282 g/mol. The molecule has 1 aliphatic heterocycles. The molecule has 0 unspecified atom stereocenters. The number of aliphatic hydroxyl groups excluding tert-OH is 1. The summed E-state index contributed by atoms with van der Waals surface area (Å²) >= 11 is 0. The van der Waals surface area contributed by atoms with E-state index >= 15 is 0 Å². The van der Waals surface area contributed by atoms with Crippen LogP contribution in [0.25, 0.3) is 0 Å². The molecule has 2 aromatic rings. The van der Waals surface area contributed by atoms with Gasteiger partial charge < -0.3 is 15.0 Å². The average Bonchev–Trinajstić information content (AvgIpc) is 2.99. The van der Waals surface area contributed by atoms with Crippen LogP contribution in [0.15, 0.2) is 47.5 Å². The van der Waals surface area contributed by atoms with Crippen LogP contribution in [0, 0.1) is 5.92 Å². The highest BCUT2D eigenvalue weighted by molar-refractivity contribution is 5.94. The number of rotatable bonds is 3. The van der Waals surface area contributed by atoms with Crippen LogP contribution in [-0.2, 0) is 0 Å². The molecule has 0 radical (unpaired) electrons. The van der Waals surface area contributed by atoms with Gasteiger partial charge in [-0.25, -0.2) is 0 Å². The summed E-state index contributed by atoms with van der Waals surface area (Å²) in [5, 5.41) is 9.59. The van der Waals surface area contributed by atoms with E-state index in [1.165, 1.54) is 12.3 Å². The van der Waals surface area contributed by atoms with Crippen LogP contribution in [0.3, 0.4) is 0 Å². The van der Waals surface area contributed by atoms with Gasteiger partial charge in [0.1, 0.15) is 0 Å². The van der Waals surface area contributed by atoms with Crippen molar-refractivity contribution >= 4 is 5.91 Å². The molecule has 6 heteroatoms. The third kappa shape index (κ3) is 2.78. The molecule has 1 fully saturated rings. The van der Waals surface area contributed by atoms with Crippen molar-refractivity contribution in [2.45, 2.75) is 5.92 Å². The van der Waals surface area contributed by atoms with Gasteiger partial charge in [-0.05, 0) is 18.2 Å². The lowest BCUT2D eigenvalue weighted by molar-refractivity contribution is 0.0781. The smallest absolute Gasteiger partial charge is 0.254 e. The molecule has 6 nitrogen and oxygen atoms in total. The number of aromatic amines is 1. The number of nitrogens with zero attached hydrogens (tertiary/aromatic N) is 2. The minimum Gasteiger partial charge on any atom is -0.396 e. The average molecular weight is 299 g/mol. The van der Waals surface area contributed by atoms with Crippen molar-refractivity contribution in [1.82, 2.24) is 14.9 Å². The van der Waals surface area contributed by atoms with Gasteiger partial charge in [0, 0.05) is 61.2 Å². The predicted octanol–water partition coefficient (Wildman–Crippen LogP) is 0.618. The number of hydrogen-bond donors (Lipinski definition) is 2. The molecule has 3 rings (SSSR count). The highest BCUT2D eigenvalue weighted by Crippen LogP contribution is 2.31. The Bertz CT molecular complexity index is 714. The largest absolute Gasteiger partial charge is 0.396 e. The first-order valence-corrected chi connectivity index (χ1v) is 7.19. The molecule has 0 bridgehead atoms. The summed E-state index contributed by atoms with van der Waals surface area (Å²) in [7, 11) is 0. The molecule has 1 aliphatic rings. The monoisotopic (exact) mass is 299 g/mol. The lowest BCUT2D eigenvalue weighted by atomic mass is 9.93. The SMILES string of the molecule is O=C(c1cc[nH]c(=O)c1)N1C[C@@H](CO)[C@H](c2ccccn2)C1. The van der Waals surface area contributed by atoms with Gasteiger partial charge in [0.05, 0.1) is 0 Å². The molecule has 0 spiro atoms. The van der Waals surface area contributed by atoms with Gasteiger partial charge in [-0.3, -0.25) is 14.6 Å². The van der Waals surface area contributed by atoms with E-state index in [0.29, 0.717) is 18.7 Å². The van der Waals surface area contributed by atoms with Crippen molar-refractivity contribution in [3.8, 4) is 0 Å². The lowest BCUT2D eigenvalue weighted by Gasteiger charge is -2.16. The molecule has 0 saturated carbocycles. The van der Waals surface area contributed by atoms with Gasteiger partial charge in [0.15, 0.2) is 0 Å². The maximum absolute atomic E-state index is 12.5. The topological polar surface area (TPSA) is 86.3 Å². The Kier molecular flexibility index (Phi) is 4.02. The Morgan fingerprint density at radius 3 is 2.91 bits per heavy atom. The molecule has 22 heavy (non-hydrogen) atoms. The second kappa shape index (κ2) is 6.11. The summed E-state index contributed by atoms with van der Waals surface area (Å²) < 4.78 is 0. The van der Waals surface area contributed by atoms with Crippen molar-refractivity contribution < 1.29 is 9.90 Å². The predicted molar refractivity (Wildman–Crippen MR) is 80.5 cm³/mol. The van der Waals surface area contributed by atoms with Crippen LogP contribution >= 0.6 is 0 Å². The second-order valence-electron chi connectivity index (χ2n) is 5.46. The van der Waals surface area contributed by atoms with E-state index in [1.54, 1.807) is 17.2 Å². The van der Waals surface area contributed by atoms with Crippen molar-refractivity contribution in [2.75, 3.05) is 19.7 Å². The third-order valence-electron chi connectivity index (χ3n) is 4.05. The van der Waals surface area contributed by atoms with Crippen LogP contribution in [0.5, 0.6) is 0 Å². The first-order chi connectivity index (χ1) is 10.7. The van der Waals surface area contributed by atoms with Crippen LogP contribution in [0.4, 0.5) is 0 Å². The van der Waals surface area contributed by atoms with Gasteiger partial charge >= 0.3 is 0 Å². The molecule has 1 saturated heterocycles. The number of carbonyl (C=O) groups excluding carboxylic acids is 1. The Hall–Kier alpha value is -2.47. The number of hydrogen-bond acceptors (Lipinski definition) is 4. The summed E-state index contributed by atoms with van der Waals surface area (Å²) in [6, 6.07) is 8.54. The number of aliphatic hydroxyl groups is 1. The van der Waals surface area contributed by atoms with Crippen molar-refractivity contribution in [1.29, 1.82) is 0 Å². The maximum atomic E-state index is 12.5. The summed E-state index contributed by atoms with van der Waals surface area (Å²) in [6.07, 6.45) is 3.18. The third-order valence-corrected chi connectivity index (χ3v) is 4.05. The molecule has 114 valence electrons. The van der Waals surface area contributed by atoms with E-state index < -0.39 is 0 Å². The zero-order chi connectivity index (χ0) is 15.5. The fourth-order valence-electron chi connectivity index (χ4n) is 2.91. The summed E-state index contributed by atoms with van der Waals surface area (Å²) in [6.45, 7) is 0.956. The van der Waals surface area contributed by atoms with Gasteiger partial charge in [-0.1, -0.05) is 6.07 Å². The first kappa shape index (κ1) is 14.5. The van der Waals surface area contributed by atoms with E-state index in [2.05, 4.69) is 9.97 Å². The minimum absolute atomic E-state index is 0.000391. The van der Waals surface area contributed by atoms with Gasteiger partial charge in [-0.2, -0.15) is 0 Å². The standard InChI is InChI=1S/C16H17N3O3/c20-10-12-8-19(9-13(12)14-3-1-2-5-17-14)16(22)11-4-6-18-15(21)7-11/h1-7,12-13,20H,8-10H2,(H,18,21)/t12-,13+/m0/s1. The zero-order valence-electron chi connectivity index (χ0n) is 12.0. The quantitative estimate of drug-likeness (QED) is 0.870. The van der Waals surface area contributed by atoms with Crippen LogP contribution in [-0.4, -0.2) is 45.6 Å². The molecule has 2 aromatic heterocycles. The Morgan fingerprint density at radius 2 is 2.23 bits per heavy atom. The number of carbonyl (C=O) groups is 1. The van der Waals surface area contributed by atoms with Crippen LogP contribution in [0.2, 0.25) is 0 Å². The highest BCUT2D eigenvalue weighted by atomic mass is 16.3. The molecular formula is C16H17N3O3. The summed E-state index contributed by atoms with van der Waals surface area (Å²) in [5.41, 5.74) is 0.940. The van der Waals surface area contributed by atoms with Crippen LogP contribution < -0.4 is 5.56 Å². The van der Waals surface area contributed by atoms with Crippen molar-refractivity contribution in [3.05, 3.63) is 64.3 Å². The molecule has 2 N–H and O–H groups in total. The fraction of sp³-hybridized carbons (Fsp3) is 0.312. The number of likely N-dealkylation sites (tertiary alicyclic amines) is 1. The van der Waals surface area contributed by atoms with Gasteiger partial charge in [-0.15, -0.1) is 0 Å². The Labute approximate surface area is 127 Å². The zero-order valence-corrected chi connectivity index (χ0v) is 12.0. The van der Waals surface area contributed by atoms with Gasteiger partial charge in [0.25, 0.3) is 5.91 Å². The van der Waals surface area contributed by atoms with E-state index in [0.717, 1.165) is 5.69 Å². The summed E-state index contributed by atoms with van der Waals surface area (Å²) in [4.78, 5) is 32.4. The summed E-state index contributed by atoms with van der Waals surface area (Å²) in [5.74, 6) is -0.221. The van der Waals surface area contributed by atoms with Crippen molar-refractivity contribution in [3.63, 3.8) is 0 Å². The number of nitrogens with one attached hydrogen (secondary N) is 1. The molecule has 0 aliphatic carbocycles. The van der Waals surface area contributed by atoms with E-state index in [-0.39, 0.29) is 29.9 Å². The Morgan fingerprint density at radius 1 is 1.36 bits per heavy atom. The fourth-order valence-corrected chi connectivity index (χ4v) is 2.91. The molecule has 2 atom stereocenters. The van der Waals surface area contributed by atoms with Crippen LogP contribution in [0.1, 0.15) is 22.0 Å². The van der Waals surface area contributed by atoms with E-state index in [4.69, 9.17) is 0 Å². The second-order valence-corrected chi connectivity index (χ2v) is 5.46. The number of H-pyrrole nitrogens is 1. The first-order valence-electron chi connectivity index (χ1n) is 7.19. The normalized spacial score (nSPS) is 21.0. The highest BCUT2D eigenvalue weighted by Gasteiger charge is 2.36. The van der Waals surface area contributed by atoms with E-state index in [1.807, 2.05) is 18.2 Å². The van der Waals surface area contributed by atoms with Gasteiger partial charge in [0.2, 0.25) is 5.56 Å². The molecule has 3 heterocycles. The van der Waals surface area contributed by atoms with E-state index in [9.17, 15) is 14.7 Å². The minimum atomic E-state index is -0.301. The number of amides is 1. The van der Waals surface area contributed by atoms with Crippen molar-refractivity contribution in [2.24, 2.45) is 5.92 Å². The number of pyridine rings is 2. The molecule has 0 aromatic carbocycles.